The van der Waals surface area contributed by atoms with Crippen molar-refractivity contribution in [1.29, 1.82) is 0 Å². The number of benzene rings is 1. The molecule has 0 bridgehead atoms. The van der Waals surface area contributed by atoms with Gasteiger partial charge in [0.1, 0.15) is 5.75 Å². The number of carbonyl (C=O) groups excluding carboxylic acids is 1. The van der Waals surface area contributed by atoms with Crippen LogP contribution >= 0.6 is 0 Å². The van der Waals surface area contributed by atoms with Gasteiger partial charge in [-0.3, -0.25) is 0 Å². The number of carboxylic acid groups (broad SMARTS) is 1. The second-order valence-electron chi connectivity index (χ2n) is 4.28. The van der Waals surface area contributed by atoms with E-state index in [2.05, 4.69) is 15.8 Å². The number of amides is 2. The predicted molar refractivity (Wildman–Crippen MR) is 72.2 cm³/mol. The Morgan fingerprint density at radius 1 is 1.33 bits per heavy atom. The minimum Gasteiger partial charge on any atom is -0.508 e. The SMILES string of the molecule is Cc1cc(CNC(=O)Nc2ccc(O)cc2C(=O)O)on1. The van der Waals surface area contributed by atoms with Crippen molar-refractivity contribution in [3.63, 3.8) is 0 Å². The van der Waals surface area contributed by atoms with E-state index in [1.807, 2.05) is 0 Å². The number of phenols is 1. The maximum absolute atomic E-state index is 11.7. The zero-order valence-electron chi connectivity index (χ0n) is 11.1. The van der Waals surface area contributed by atoms with Gasteiger partial charge in [-0.05, 0) is 25.1 Å². The maximum atomic E-state index is 11.7. The van der Waals surface area contributed by atoms with Gasteiger partial charge in [-0.2, -0.15) is 0 Å². The lowest BCUT2D eigenvalue weighted by Crippen LogP contribution is -2.28. The van der Waals surface area contributed by atoms with E-state index in [-0.39, 0.29) is 23.5 Å². The van der Waals surface area contributed by atoms with E-state index in [1.165, 1.54) is 12.1 Å². The highest BCUT2D eigenvalue weighted by molar-refractivity contribution is 6.00. The van der Waals surface area contributed by atoms with Crippen molar-refractivity contribution in [2.45, 2.75) is 13.5 Å². The molecule has 0 aliphatic heterocycles. The summed E-state index contributed by atoms with van der Waals surface area (Å²) in [6.07, 6.45) is 0. The van der Waals surface area contributed by atoms with Crippen molar-refractivity contribution in [2.75, 3.05) is 5.32 Å². The van der Waals surface area contributed by atoms with E-state index in [4.69, 9.17) is 9.63 Å². The van der Waals surface area contributed by atoms with Gasteiger partial charge in [-0.15, -0.1) is 0 Å². The summed E-state index contributed by atoms with van der Waals surface area (Å²) in [6.45, 7) is 1.87. The number of phenolic OH excluding ortho intramolecular Hbond substituents is 1. The number of hydrogen-bond acceptors (Lipinski definition) is 5. The Balaban J connectivity index is 2.01. The first kappa shape index (κ1) is 14.4. The van der Waals surface area contributed by atoms with Gasteiger partial charge in [-0.25, -0.2) is 9.59 Å². The summed E-state index contributed by atoms with van der Waals surface area (Å²) in [4.78, 5) is 22.7. The molecule has 1 heterocycles. The molecule has 110 valence electrons. The van der Waals surface area contributed by atoms with E-state index in [0.717, 1.165) is 6.07 Å². The molecular weight excluding hydrogens is 278 g/mol. The molecule has 0 saturated carbocycles. The second-order valence-corrected chi connectivity index (χ2v) is 4.28. The molecule has 8 heteroatoms. The third kappa shape index (κ3) is 3.72. The van der Waals surface area contributed by atoms with Crippen LogP contribution in [0.1, 0.15) is 21.8 Å². The largest absolute Gasteiger partial charge is 0.508 e. The van der Waals surface area contributed by atoms with Crippen LogP contribution in [-0.2, 0) is 6.54 Å². The first-order valence-corrected chi connectivity index (χ1v) is 5.99. The number of aromatic carboxylic acids is 1. The number of aryl methyl sites for hydroxylation is 1. The first-order valence-electron chi connectivity index (χ1n) is 5.99. The van der Waals surface area contributed by atoms with Crippen LogP contribution in [0.3, 0.4) is 0 Å². The zero-order chi connectivity index (χ0) is 15.4. The third-order valence-electron chi connectivity index (χ3n) is 2.58. The molecular formula is C13H13N3O5. The summed E-state index contributed by atoms with van der Waals surface area (Å²) < 4.78 is 4.92. The summed E-state index contributed by atoms with van der Waals surface area (Å²) in [5.74, 6) is -0.977. The Morgan fingerprint density at radius 2 is 2.10 bits per heavy atom. The van der Waals surface area contributed by atoms with Crippen molar-refractivity contribution >= 4 is 17.7 Å². The van der Waals surface area contributed by atoms with E-state index >= 15 is 0 Å². The molecule has 4 N–H and O–H groups in total. The van der Waals surface area contributed by atoms with Crippen LogP contribution < -0.4 is 10.6 Å². The van der Waals surface area contributed by atoms with Crippen molar-refractivity contribution in [1.82, 2.24) is 10.5 Å². The molecule has 0 aliphatic rings. The number of aromatic nitrogens is 1. The summed E-state index contributed by atoms with van der Waals surface area (Å²) >= 11 is 0. The Hall–Kier alpha value is -3.03. The van der Waals surface area contributed by atoms with Crippen LogP contribution in [0.5, 0.6) is 5.75 Å². The van der Waals surface area contributed by atoms with Crippen LogP contribution in [0.25, 0.3) is 0 Å². The molecule has 0 atom stereocenters. The molecule has 2 aromatic rings. The van der Waals surface area contributed by atoms with Crippen molar-refractivity contribution in [2.24, 2.45) is 0 Å². The van der Waals surface area contributed by atoms with E-state index in [9.17, 15) is 14.7 Å². The topological polar surface area (TPSA) is 125 Å². The quantitative estimate of drug-likeness (QED) is 0.635. The zero-order valence-corrected chi connectivity index (χ0v) is 11.1. The van der Waals surface area contributed by atoms with Gasteiger partial charge < -0.3 is 25.4 Å². The Labute approximate surface area is 119 Å². The number of rotatable bonds is 4. The Bertz CT molecular complexity index is 680. The molecule has 0 unspecified atom stereocenters. The van der Waals surface area contributed by atoms with Gasteiger partial charge in [-0.1, -0.05) is 5.16 Å². The number of urea groups is 1. The maximum Gasteiger partial charge on any atom is 0.337 e. The van der Waals surface area contributed by atoms with Crippen LogP contribution in [-0.4, -0.2) is 27.4 Å². The molecule has 0 saturated heterocycles. The summed E-state index contributed by atoms with van der Waals surface area (Å²) in [5.41, 5.74) is 0.561. The number of carbonyl (C=O) groups is 2. The van der Waals surface area contributed by atoms with Crippen LogP contribution in [0.15, 0.2) is 28.8 Å². The molecule has 1 aromatic heterocycles. The molecule has 2 amide bonds. The molecule has 0 spiro atoms. The van der Waals surface area contributed by atoms with Gasteiger partial charge in [0.2, 0.25) is 0 Å². The number of nitrogens with zero attached hydrogens (tertiary/aromatic N) is 1. The summed E-state index contributed by atoms with van der Waals surface area (Å²) in [7, 11) is 0. The number of aromatic hydroxyl groups is 1. The van der Waals surface area contributed by atoms with Crippen molar-refractivity contribution < 1.29 is 24.3 Å². The molecule has 1 aromatic carbocycles. The fourth-order valence-electron chi connectivity index (χ4n) is 1.65. The highest BCUT2D eigenvalue weighted by Crippen LogP contribution is 2.21. The Morgan fingerprint density at radius 3 is 2.71 bits per heavy atom. The normalized spacial score (nSPS) is 10.1. The fraction of sp³-hybridized carbons (Fsp3) is 0.154. The van der Waals surface area contributed by atoms with Crippen LogP contribution in [0, 0.1) is 6.92 Å². The average molecular weight is 291 g/mol. The number of anilines is 1. The monoisotopic (exact) mass is 291 g/mol. The fourth-order valence-corrected chi connectivity index (χ4v) is 1.65. The lowest BCUT2D eigenvalue weighted by molar-refractivity contribution is 0.0697. The van der Waals surface area contributed by atoms with Crippen LogP contribution in [0.2, 0.25) is 0 Å². The number of nitrogens with one attached hydrogen (secondary N) is 2. The van der Waals surface area contributed by atoms with E-state index in [0.29, 0.717) is 11.5 Å². The van der Waals surface area contributed by atoms with Gasteiger partial charge in [0.25, 0.3) is 0 Å². The minimum atomic E-state index is -1.26. The second kappa shape index (κ2) is 5.95. The minimum absolute atomic E-state index is 0.0755. The first-order chi connectivity index (χ1) is 9.95. The van der Waals surface area contributed by atoms with Gasteiger partial charge in [0.05, 0.1) is 23.5 Å². The highest BCUT2D eigenvalue weighted by atomic mass is 16.5. The lowest BCUT2D eigenvalue weighted by atomic mass is 10.1. The van der Waals surface area contributed by atoms with E-state index in [1.54, 1.807) is 13.0 Å². The highest BCUT2D eigenvalue weighted by Gasteiger charge is 2.13. The molecule has 0 aliphatic carbocycles. The lowest BCUT2D eigenvalue weighted by Gasteiger charge is -2.09. The smallest absolute Gasteiger partial charge is 0.337 e. The number of carboxylic acids is 1. The predicted octanol–water partition coefficient (Wildman–Crippen LogP) is 1.71. The summed E-state index contributed by atoms with van der Waals surface area (Å²) in [6, 6.07) is 4.71. The van der Waals surface area contributed by atoms with Gasteiger partial charge in [0, 0.05) is 6.07 Å². The third-order valence-corrected chi connectivity index (χ3v) is 2.58. The van der Waals surface area contributed by atoms with Crippen LogP contribution in [0.4, 0.5) is 10.5 Å². The number of hydrogen-bond donors (Lipinski definition) is 4. The Kier molecular flexibility index (Phi) is 4.07. The molecule has 0 radical (unpaired) electrons. The molecule has 8 nitrogen and oxygen atoms in total. The van der Waals surface area contributed by atoms with E-state index < -0.39 is 12.0 Å². The summed E-state index contributed by atoms with van der Waals surface area (Å²) in [5, 5.41) is 26.8. The standard InChI is InChI=1S/C13H13N3O5/c1-7-4-9(21-16-7)6-14-13(20)15-11-3-2-8(17)5-10(11)12(18)19/h2-5,17H,6H2,1H3,(H,18,19)(H2,14,15,20). The van der Waals surface area contributed by atoms with Gasteiger partial charge in [0.15, 0.2) is 5.76 Å². The van der Waals surface area contributed by atoms with Crippen molar-refractivity contribution in [3.8, 4) is 5.75 Å². The molecule has 2 rings (SSSR count). The molecule has 0 fully saturated rings. The van der Waals surface area contributed by atoms with Gasteiger partial charge >= 0.3 is 12.0 Å². The van der Waals surface area contributed by atoms with Crippen molar-refractivity contribution in [3.05, 3.63) is 41.3 Å². The average Bonchev–Trinajstić information content (AvgIpc) is 2.84. The molecule has 21 heavy (non-hydrogen) atoms.